The van der Waals surface area contributed by atoms with Crippen molar-refractivity contribution in [3.63, 3.8) is 0 Å². The number of carboxylic acid groups (broad SMARTS) is 1. The Labute approximate surface area is 111 Å². The van der Waals surface area contributed by atoms with Crippen molar-refractivity contribution in [1.29, 1.82) is 0 Å². The number of carbonyl (C=O) groups excluding carboxylic acids is 1. The maximum atomic E-state index is 12.1. The monoisotopic (exact) mass is 263 g/mol. The molecule has 1 aliphatic heterocycles. The number of carboxylic acids is 1. The molecule has 1 aromatic heterocycles. The highest BCUT2D eigenvalue weighted by Gasteiger charge is 2.38. The van der Waals surface area contributed by atoms with Crippen LogP contribution in [0, 0.1) is 12.8 Å². The van der Waals surface area contributed by atoms with Crippen molar-refractivity contribution in [2.45, 2.75) is 26.3 Å². The van der Waals surface area contributed by atoms with E-state index in [1.54, 1.807) is 24.2 Å². The molecule has 0 aromatic carbocycles. The molecule has 102 valence electrons. The second kappa shape index (κ2) is 5.26. The second-order valence-corrected chi connectivity index (χ2v) is 4.79. The van der Waals surface area contributed by atoms with Crippen LogP contribution in [-0.4, -0.2) is 39.6 Å². The number of likely N-dealkylation sites (tertiary alicyclic amines) is 1. The van der Waals surface area contributed by atoms with Gasteiger partial charge in [-0.05, 0) is 31.9 Å². The third-order valence-electron chi connectivity index (χ3n) is 3.61. The third-order valence-corrected chi connectivity index (χ3v) is 3.61. The number of urea groups is 1. The van der Waals surface area contributed by atoms with Crippen molar-refractivity contribution >= 4 is 17.7 Å². The lowest BCUT2D eigenvalue weighted by molar-refractivity contribution is -0.142. The maximum Gasteiger partial charge on any atom is 0.322 e. The first kappa shape index (κ1) is 13.3. The summed E-state index contributed by atoms with van der Waals surface area (Å²) in [7, 11) is 0. The Kier molecular flexibility index (Phi) is 3.69. The third kappa shape index (κ3) is 2.67. The minimum atomic E-state index is -0.847. The van der Waals surface area contributed by atoms with Gasteiger partial charge in [-0.3, -0.25) is 9.78 Å². The summed E-state index contributed by atoms with van der Waals surface area (Å²) >= 11 is 0. The number of rotatable bonds is 2. The molecule has 2 unspecified atom stereocenters. The second-order valence-electron chi connectivity index (χ2n) is 4.79. The fraction of sp³-hybridized carbons (Fsp3) is 0.462. The Bertz CT molecular complexity index is 504. The van der Waals surface area contributed by atoms with Gasteiger partial charge in [0.15, 0.2) is 0 Å². The number of hydrogen-bond donors (Lipinski definition) is 2. The molecule has 2 heterocycles. The van der Waals surface area contributed by atoms with Crippen molar-refractivity contribution < 1.29 is 14.7 Å². The number of nitrogens with one attached hydrogen (secondary N) is 1. The lowest BCUT2D eigenvalue weighted by atomic mass is 10.0. The van der Waals surface area contributed by atoms with Gasteiger partial charge in [-0.15, -0.1) is 0 Å². The lowest BCUT2D eigenvalue weighted by Gasteiger charge is -2.23. The van der Waals surface area contributed by atoms with Gasteiger partial charge in [0.25, 0.3) is 0 Å². The summed E-state index contributed by atoms with van der Waals surface area (Å²) in [6.07, 6.45) is 3.74. The van der Waals surface area contributed by atoms with Gasteiger partial charge in [-0.25, -0.2) is 4.79 Å². The molecule has 0 aliphatic carbocycles. The largest absolute Gasteiger partial charge is 0.481 e. The molecule has 0 saturated carbocycles. The first-order chi connectivity index (χ1) is 9.00. The molecule has 19 heavy (non-hydrogen) atoms. The molecule has 2 atom stereocenters. The quantitative estimate of drug-likeness (QED) is 0.851. The zero-order valence-electron chi connectivity index (χ0n) is 11.0. The van der Waals surface area contributed by atoms with E-state index < -0.39 is 11.9 Å². The predicted octanol–water partition coefficient (Wildman–Crippen LogP) is 1.72. The van der Waals surface area contributed by atoms with Crippen LogP contribution in [0.5, 0.6) is 0 Å². The first-order valence-corrected chi connectivity index (χ1v) is 6.21. The van der Waals surface area contributed by atoms with E-state index in [0.717, 1.165) is 5.56 Å². The molecule has 0 bridgehead atoms. The highest BCUT2D eigenvalue weighted by atomic mass is 16.4. The number of amides is 2. The summed E-state index contributed by atoms with van der Waals surface area (Å²) in [4.78, 5) is 28.7. The minimum absolute atomic E-state index is 0.271. The van der Waals surface area contributed by atoms with Crippen LogP contribution < -0.4 is 5.32 Å². The van der Waals surface area contributed by atoms with E-state index in [2.05, 4.69) is 10.3 Å². The van der Waals surface area contributed by atoms with Gasteiger partial charge < -0.3 is 15.3 Å². The summed E-state index contributed by atoms with van der Waals surface area (Å²) in [5, 5.41) is 11.8. The topological polar surface area (TPSA) is 82.5 Å². The van der Waals surface area contributed by atoms with Gasteiger partial charge in [0, 0.05) is 18.8 Å². The van der Waals surface area contributed by atoms with Crippen LogP contribution in [0.4, 0.5) is 10.5 Å². The number of anilines is 1. The van der Waals surface area contributed by atoms with Crippen LogP contribution in [0.2, 0.25) is 0 Å². The normalized spacial score (nSPS) is 22.3. The van der Waals surface area contributed by atoms with Crippen molar-refractivity contribution in [1.82, 2.24) is 9.88 Å². The standard InChI is InChI=1S/C13H17N3O3/c1-8-3-5-14-7-11(8)15-13(19)16-6-4-10(9(16)2)12(17)18/h3,5,7,9-10H,4,6H2,1-2H3,(H,15,19)(H,17,18). The molecule has 0 radical (unpaired) electrons. The summed E-state index contributed by atoms with van der Waals surface area (Å²) in [5.74, 6) is -1.33. The molecule has 1 aromatic rings. The Morgan fingerprint density at radius 3 is 2.84 bits per heavy atom. The summed E-state index contributed by atoms with van der Waals surface area (Å²) in [6, 6.07) is 1.24. The fourth-order valence-electron chi connectivity index (χ4n) is 2.34. The van der Waals surface area contributed by atoms with Gasteiger partial charge in [0.1, 0.15) is 0 Å². The molecule has 1 fully saturated rings. The van der Waals surface area contributed by atoms with Gasteiger partial charge in [0.05, 0.1) is 17.8 Å². The molecule has 0 spiro atoms. The van der Waals surface area contributed by atoms with Gasteiger partial charge in [-0.2, -0.15) is 0 Å². The Morgan fingerprint density at radius 2 is 2.26 bits per heavy atom. The number of nitrogens with zero attached hydrogens (tertiary/aromatic N) is 2. The molecule has 1 saturated heterocycles. The molecular weight excluding hydrogens is 246 g/mol. The molecule has 2 amide bonds. The van der Waals surface area contributed by atoms with Crippen molar-refractivity contribution in [2.24, 2.45) is 5.92 Å². The summed E-state index contributed by atoms with van der Waals surface area (Å²) in [5.41, 5.74) is 1.57. The number of aliphatic carboxylic acids is 1. The van der Waals surface area contributed by atoms with Crippen LogP contribution in [0.3, 0.4) is 0 Å². The van der Waals surface area contributed by atoms with Crippen molar-refractivity contribution in [2.75, 3.05) is 11.9 Å². The van der Waals surface area contributed by atoms with Crippen LogP contribution >= 0.6 is 0 Å². The Balaban J connectivity index is 2.06. The molecule has 1 aliphatic rings. The minimum Gasteiger partial charge on any atom is -0.481 e. The van der Waals surface area contributed by atoms with E-state index >= 15 is 0 Å². The number of aromatic nitrogens is 1. The molecule has 6 heteroatoms. The van der Waals surface area contributed by atoms with E-state index in [-0.39, 0.29) is 12.1 Å². The van der Waals surface area contributed by atoms with Gasteiger partial charge >= 0.3 is 12.0 Å². The molecule has 2 N–H and O–H groups in total. The average Bonchev–Trinajstić information content (AvgIpc) is 2.74. The maximum absolute atomic E-state index is 12.1. The Morgan fingerprint density at radius 1 is 1.53 bits per heavy atom. The van der Waals surface area contributed by atoms with Crippen LogP contribution in [-0.2, 0) is 4.79 Å². The fourth-order valence-corrected chi connectivity index (χ4v) is 2.34. The van der Waals surface area contributed by atoms with Crippen LogP contribution in [0.25, 0.3) is 0 Å². The van der Waals surface area contributed by atoms with E-state index in [0.29, 0.717) is 18.7 Å². The van der Waals surface area contributed by atoms with E-state index in [9.17, 15) is 9.59 Å². The summed E-state index contributed by atoms with van der Waals surface area (Å²) < 4.78 is 0. The zero-order chi connectivity index (χ0) is 14.0. The summed E-state index contributed by atoms with van der Waals surface area (Å²) in [6.45, 7) is 4.11. The van der Waals surface area contributed by atoms with E-state index in [4.69, 9.17) is 5.11 Å². The number of hydrogen-bond acceptors (Lipinski definition) is 3. The molecule has 6 nitrogen and oxygen atoms in total. The first-order valence-electron chi connectivity index (χ1n) is 6.21. The van der Waals surface area contributed by atoms with Crippen molar-refractivity contribution in [3.05, 3.63) is 24.0 Å². The average molecular weight is 263 g/mol. The van der Waals surface area contributed by atoms with E-state index in [1.165, 1.54) is 0 Å². The van der Waals surface area contributed by atoms with Crippen molar-refractivity contribution in [3.8, 4) is 0 Å². The SMILES string of the molecule is Cc1ccncc1NC(=O)N1CCC(C(=O)O)C1C. The molecule has 2 rings (SSSR count). The van der Waals surface area contributed by atoms with Crippen LogP contribution in [0.15, 0.2) is 18.5 Å². The highest BCUT2D eigenvalue weighted by molar-refractivity contribution is 5.91. The number of aryl methyl sites for hydroxylation is 1. The van der Waals surface area contributed by atoms with Gasteiger partial charge in [0.2, 0.25) is 0 Å². The number of carbonyl (C=O) groups is 2. The van der Waals surface area contributed by atoms with Crippen LogP contribution in [0.1, 0.15) is 18.9 Å². The van der Waals surface area contributed by atoms with Gasteiger partial charge in [-0.1, -0.05) is 0 Å². The lowest BCUT2D eigenvalue weighted by Crippen LogP contribution is -2.40. The number of pyridine rings is 1. The molecular formula is C13H17N3O3. The smallest absolute Gasteiger partial charge is 0.322 e. The highest BCUT2D eigenvalue weighted by Crippen LogP contribution is 2.25. The Hall–Kier alpha value is -2.11. The predicted molar refractivity (Wildman–Crippen MR) is 69.9 cm³/mol. The van der Waals surface area contributed by atoms with E-state index in [1.807, 2.05) is 13.0 Å². The zero-order valence-corrected chi connectivity index (χ0v) is 11.0.